The van der Waals surface area contributed by atoms with Crippen LogP contribution in [0.25, 0.3) is 10.2 Å². The lowest BCUT2D eigenvalue weighted by Gasteiger charge is -2.42. The average molecular weight is 427 g/mol. The zero-order valence-electron chi connectivity index (χ0n) is 18.2. The molecule has 0 spiro atoms. The highest BCUT2D eigenvalue weighted by Gasteiger charge is 2.32. The summed E-state index contributed by atoms with van der Waals surface area (Å²) in [4.78, 5) is 25.2. The average Bonchev–Trinajstić information content (AvgIpc) is 3.23. The maximum atomic E-state index is 13.1. The summed E-state index contributed by atoms with van der Waals surface area (Å²) in [7, 11) is 0. The van der Waals surface area contributed by atoms with Crippen molar-refractivity contribution in [2.24, 2.45) is 5.92 Å². The van der Waals surface area contributed by atoms with Crippen molar-refractivity contribution in [2.75, 3.05) is 44.2 Å². The minimum absolute atomic E-state index is 0.194. The van der Waals surface area contributed by atoms with Crippen molar-refractivity contribution in [3.05, 3.63) is 23.8 Å². The van der Waals surface area contributed by atoms with E-state index in [9.17, 15) is 4.79 Å². The number of aryl methyl sites for hydroxylation is 1. The van der Waals surface area contributed by atoms with E-state index in [1.807, 2.05) is 0 Å². The Morgan fingerprint density at radius 2 is 1.70 bits per heavy atom. The fourth-order valence-corrected chi connectivity index (χ4v) is 6.60. The molecule has 6 heteroatoms. The number of fused-ring (bicyclic) bond motifs is 1. The van der Waals surface area contributed by atoms with Crippen LogP contribution in [0.4, 0.5) is 5.13 Å². The number of piperazine rings is 1. The highest BCUT2D eigenvalue weighted by Crippen LogP contribution is 2.32. The first-order chi connectivity index (χ1) is 14.7. The number of nitrogens with zero attached hydrogens (tertiary/aromatic N) is 4. The highest BCUT2D eigenvalue weighted by molar-refractivity contribution is 7.22. The Morgan fingerprint density at radius 3 is 2.43 bits per heavy atom. The SMILES string of the molecule is Cc1ccc2nc(N3CCC(C(=O)N4CCN(C5CCCCC5)CC4)CC3)sc2c1. The van der Waals surface area contributed by atoms with Crippen LogP contribution in [0.3, 0.4) is 0 Å². The van der Waals surface area contributed by atoms with Crippen LogP contribution >= 0.6 is 11.3 Å². The second kappa shape index (κ2) is 8.83. The first-order valence-corrected chi connectivity index (χ1v) is 12.6. The first kappa shape index (κ1) is 20.3. The molecule has 3 fully saturated rings. The van der Waals surface area contributed by atoms with Crippen molar-refractivity contribution >= 4 is 32.6 Å². The maximum absolute atomic E-state index is 13.1. The second-order valence-corrected chi connectivity index (χ2v) is 10.4. The standard InChI is InChI=1S/C24H34N4OS/c1-18-7-8-21-22(17-18)30-24(25-21)28-11-9-19(10-12-28)23(29)27-15-13-26(14-16-27)20-5-3-2-4-6-20/h7-8,17,19-20H,2-6,9-16H2,1H3. The summed E-state index contributed by atoms with van der Waals surface area (Å²) in [5.74, 6) is 0.594. The summed E-state index contributed by atoms with van der Waals surface area (Å²) in [5, 5.41) is 1.11. The van der Waals surface area contributed by atoms with Crippen LogP contribution < -0.4 is 4.90 Å². The van der Waals surface area contributed by atoms with Gasteiger partial charge in [0, 0.05) is 51.2 Å². The molecule has 162 valence electrons. The van der Waals surface area contributed by atoms with Crippen molar-refractivity contribution in [1.82, 2.24) is 14.8 Å². The quantitative estimate of drug-likeness (QED) is 0.734. The molecule has 1 saturated carbocycles. The topological polar surface area (TPSA) is 39.7 Å². The molecule has 5 nitrogen and oxygen atoms in total. The van der Waals surface area contributed by atoms with Crippen LogP contribution in [0.5, 0.6) is 0 Å². The molecular weight excluding hydrogens is 392 g/mol. The largest absolute Gasteiger partial charge is 0.348 e. The zero-order chi connectivity index (χ0) is 20.5. The van der Waals surface area contributed by atoms with E-state index in [1.165, 1.54) is 42.4 Å². The monoisotopic (exact) mass is 426 g/mol. The Morgan fingerprint density at radius 1 is 0.967 bits per heavy atom. The fraction of sp³-hybridized carbons (Fsp3) is 0.667. The maximum Gasteiger partial charge on any atom is 0.225 e. The molecule has 5 rings (SSSR count). The van der Waals surface area contributed by atoms with E-state index in [0.29, 0.717) is 5.91 Å². The number of carbonyl (C=O) groups excluding carboxylic acids is 1. The molecule has 1 aliphatic carbocycles. The number of anilines is 1. The minimum atomic E-state index is 0.194. The number of thiazole rings is 1. The van der Waals surface area contributed by atoms with Crippen molar-refractivity contribution in [2.45, 2.75) is 57.9 Å². The lowest BCUT2D eigenvalue weighted by atomic mass is 9.93. The smallest absolute Gasteiger partial charge is 0.225 e. The molecule has 2 saturated heterocycles. The number of piperidine rings is 1. The normalized spacial score (nSPS) is 22.7. The van der Waals surface area contributed by atoms with Crippen LogP contribution in [0, 0.1) is 12.8 Å². The third kappa shape index (κ3) is 4.22. The molecule has 1 aromatic carbocycles. The van der Waals surface area contributed by atoms with Gasteiger partial charge in [-0.2, -0.15) is 0 Å². The molecule has 30 heavy (non-hydrogen) atoms. The van der Waals surface area contributed by atoms with Crippen molar-refractivity contribution in [3.8, 4) is 0 Å². The van der Waals surface area contributed by atoms with Gasteiger partial charge in [0.2, 0.25) is 5.91 Å². The minimum Gasteiger partial charge on any atom is -0.348 e. The van der Waals surface area contributed by atoms with Gasteiger partial charge in [-0.15, -0.1) is 0 Å². The van der Waals surface area contributed by atoms with Gasteiger partial charge in [-0.25, -0.2) is 4.98 Å². The number of carbonyl (C=O) groups is 1. The lowest BCUT2D eigenvalue weighted by Crippen LogP contribution is -2.54. The van der Waals surface area contributed by atoms with E-state index in [1.54, 1.807) is 11.3 Å². The van der Waals surface area contributed by atoms with E-state index in [4.69, 9.17) is 4.98 Å². The molecule has 0 unspecified atom stereocenters. The number of amides is 1. The molecule has 0 atom stereocenters. The van der Waals surface area contributed by atoms with Crippen molar-refractivity contribution in [1.29, 1.82) is 0 Å². The molecule has 2 aliphatic heterocycles. The van der Waals surface area contributed by atoms with Crippen LogP contribution in [0.1, 0.15) is 50.5 Å². The third-order valence-corrected chi connectivity index (χ3v) is 8.44. The van der Waals surface area contributed by atoms with E-state index in [2.05, 4.69) is 39.8 Å². The van der Waals surface area contributed by atoms with Crippen LogP contribution in [0.2, 0.25) is 0 Å². The van der Waals surface area contributed by atoms with E-state index in [0.717, 1.165) is 68.8 Å². The summed E-state index contributed by atoms with van der Waals surface area (Å²) in [6.07, 6.45) is 8.81. The van der Waals surface area contributed by atoms with Crippen molar-refractivity contribution in [3.63, 3.8) is 0 Å². The molecule has 1 amide bonds. The summed E-state index contributed by atoms with van der Waals surface area (Å²) < 4.78 is 1.26. The molecular formula is C24H34N4OS. The van der Waals surface area contributed by atoms with E-state index >= 15 is 0 Å². The molecule has 0 radical (unpaired) electrons. The molecule has 0 N–H and O–H groups in total. The number of benzene rings is 1. The van der Waals surface area contributed by atoms with Crippen molar-refractivity contribution < 1.29 is 4.79 Å². The van der Waals surface area contributed by atoms with Gasteiger partial charge in [0.1, 0.15) is 0 Å². The van der Waals surface area contributed by atoms with Crippen LogP contribution in [-0.4, -0.2) is 66.0 Å². The molecule has 3 aliphatic rings. The zero-order valence-corrected chi connectivity index (χ0v) is 19.0. The molecule has 2 aromatic rings. The van der Waals surface area contributed by atoms with E-state index < -0.39 is 0 Å². The number of aromatic nitrogens is 1. The van der Waals surface area contributed by atoms with Crippen LogP contribution in [0.15, 0.2) is 18.2 Å². The number of hydrogen-bond acceptors (Lipinski definition) is 5. The predicted molar refractivity (Wildman–Crippen MR) is 124 cm³/mol. The summed E-state index contributed by atoms with van der Waals surface area (Å²) >= 11 is 1.78. The first-order valence-electron chi connectivity index (χ1n) is 11.8. The van der Waals surface area contributed by atoms with Gasteiger partial charge in [-0.05, 0) is 50.3 Å². The van der Waals surface area contributed by atoms with Crippen LogP contribution in [-0.2, 0) is 4.79 Å². The predicted octanol–water partition coefficient (Wildman–Crippen LogP) is 4.30. The Labute approximate surface area is 184 Å². The highest BCUT2D eigenvalue weighted by atomic mass is 32.1. The number of rotatable bonds is 3. The van der Waals surface area contributed by atoms with Gasteiger partial charge >= 0.3 is 0 Å². The Balaban J connectivity index is 1.13. The molecule has 3 heterocycles. The van der Waals surface area contributed by atoms with Gasteiger partial charge in [-0.3, -0.25) is 9.69 Å². The Hall–Kier alpha value is -1.66. The second-order valence-electron chi connectivity index (χ2n) is 9.38. The Bertz CT molecular complexity index is 874. The molecule has 1 aromatic heterocycles. The van der Waals surface area contributed by atoms with E-state index in [-0.39, 0.29) is 5.92 Å². The Kier molecular flexibility index (Phi) is 5.96. The van der Waals surface area contributed by atoms with Gasteiger partial charge in [0.25, 0.3) is 0 Å². The van der Waals surface area contributed by atoms with Gasteiger partial charge in [0.15, 0.2) is 5.13 Å². The summed E-state index contributed by atoms with van der Waals surface area (Å²) in [6, 6.07) is 7.25. The van der Waals surface area contributed by atoms with Gasteiger partial charge < -0.3 is 9.80 Å². The third-order valence-electron chi connectivity index (χ3n) is 7.36. The number of hydrogen-bond donors (Lipinski definition) is 0. The summed E-state index contributed by atoms with van der Waals surface area (Å²) in [6.45, 7) is 8.00. The molecule has 0 bridgehead atoms. The fourth-order valence-electron chi connectivity index (χ4n) is 5.48. The van der Waals surface area contributed by atoms with Gasteiger partial charge in [-0.1, -0.05) is 36.7 Å². The lowest BCUT2D eigenvalue weighted by molar-refractivity contribution is -0.138. The summed E-state index contributed by atoms with van der Waals surface area (Å²) in [5.41, 5.74) is 2.38. The van der Waals surface area contributed by atoms with Gasteiger partial charge in [0.05, 0.1) is 10.2 Å².